The summed E-state index contributed by atoms with van der Waals surface area (Å²) in [6.45, 7) is 4.67. The molecule has 178 valence electrons. The molecule has 5 heteroatoms. The van der Waals surface area contributed by atoms with Crippen LogP contribution in [0.15, 0.2) is 97.2 Å². The standard InChI is InChI=1S/C30H32N4O/c1-32(28-16-8-15-27-26(28)14-9-18-31-27)29(35)17-19-33-20-22-34(23-21-33)30(24-10-4-2-5-11-24)25-12-6-3-7-13-25/h2-16,18,30H,17,19-23H2,1H3. The minimum atomic E-state index is 0.134. The van der Waals surface area contributed by atoms with Gasteiger partial charge < -0.3 is 9.80 Å². The topological polar surface area (TPSA) is 39.7 Å². The van der Waals surface area contributed by atoms with Gasteiger partial charge in [-0.2, -0.15) is 0 Å². The lowest BCUT2D eigenvalue weighted by molar-refractivity contribution is -0.118. The molecule has 35 heavy (non-hydrogen) atoms. The lowest BCUT2D eigenvalue weighted by atomic mass is 9.96. The fourth-order valence-corrected chi connectivity index (χ4v) is 5.07. The molecule has 1 amide bonds. The average Bonchev–Trinajstić information content (AvgIpc) is 2.93. The van der Waals surface area contributed by atoms with E-state index in [4.69, 9.17) is 0 Å². The van der Waals surface area contributed by atoms with Gasteiger partial charge in [0.25, 0.3) is 0 Å². The Hall–Kier alpha value is -3.54. The summed E-state index contributed by atoms with van der Waals surface area (Å²) in [5, 5.41) is 1.01. The van der Waals surface area contributed by atoms with E-state index in [2.05, 4.69) is 75.4 Å². The Morgan fingerprint density at radius 2 is 1.49 bits per heavy atom. The van der Waals surface area contributed by atoms with Gasteiger partial charge in [-0.25, -0.2) is 0 Å². The number of aromatic nitrogens is 1. The van der Waals surface area contributed by atoms with E-state index in [-0.39, 0.29) is 11.9 Å². The quantitative estimate of drug-likeness (QED) is 0.386. The summed E-state index contributed by atoms with van der Waals surface area (Å²) < 4.78 is 0. The van der Waals surface area contributed by atoms with E-state index in [1.54, 1.807) is 11.1 Å². The number of amides is 1. The molecule has 4 aromatic rings. The number of carbonyl (C=O) groups excluding carboxylic acids is 1. The summed E-state index contributed by atoms with van der Waals surface area (Å²) in [4.78, 5) is 24.2. The predicted octanol–water partition coefficient (Wildman–Crippen LogP) is 4.99. The van der Waals surface area contributed by atoms with E-state index in [0.29, 0.717) is 6.42 Å². The molecule has 0 aliphatic carbocycles. The highest BCUT2D eigenvalue weighted by atomic mass is 16.2. The van der Waals surface area contributed by atoms with Gasteiger partial charge in [0.15, 0.2) is 0 Å². The maximum atomic E-state index is 13.0. The summed E-state index contributed by atoms with van der Waals surface area (Å²) in [7, 11) is 1.87. The molecular weight excluding hydrogens is 432 g/mol. The van der Waals surface area contributed by atoms with E-state index in [1.165, 1.54) is 11.1 Å². The van der Waals surface area contributed by atoms with Crippen molar-refractivity contribution < 1.29 is 4.79 Å². The molecule has 1 saturated heterocycles. The molecule has 0 bridgehead atoms. The monoisotopic (exact) mass is 464 g/mol. The first-order valence-corrected chi connectivity index (χ1v) is 12.4. The van der Waals surface area contributed by atoms with Crippen molar-refractivity contribution in [1.29, 1.82) is 0 Å². The molecule has 0 N–H and O–H groups in total. The highest BCUT2D eigenvalue weighted by molar-refractivity contribution is 6.02. The Morgan fingerprint density at radius 1 is 0.829 bits per heavy atom. The van der Waals surface area contributed by atoms with Crippen LogP contribution in [0.3, 0.4) is 0 Å². The van der Waals surface area contributed by atoms with Crippen molar-refractivity contribution in [2.45, 2.75) is 12.5 Å². The van der Waals surface area contributed by atoms with Crippen LogP contribution in [0, 0.1) is 0 Å². The van der Waals surface area contributed by atoms with Crippen LogP contribution >= 0.6 is 0 Å². The van der Waals surface area contributed by atoms with Gasteiger partial charge in [0.1, 0.15) is 0 Å². The highest BCUT2D eigenvalue weighted by Crippen LogP contribution is 2.29. The summed E-state index contributed by atoms with van der Waals surface area (Å²) in [5.74, 6) is 0.134. The van der Waals surface area contributed by atoms with Crippen molar-refractivity contribution in [3.63, 3.8) is 0 Å². The third-order valence-corrected chi connectivity index (χ3v) is 7.00. The second-order valence-electron chi connectivity index (χ2n) is 9.15. The zero-order chi connectivity index (χ0) is 24.0. The predicted molar refractivity (Wildman–Crippen MR) is 143 cm³/mol. The molecule has 5 rings (SSSR count). The maximum absolute atomic E-state index is 13.0. The van der Waals surface area contributed by atoms with Crippen molar-refractivity contribution >= 4 is 22.5 Å². The molecule has 1 aliphatic rings. The molecule has 1 aromatic heterocycles. The first-order chi connectivity index (χ1) is 17.2. The molecule has 5 nitrogen and oxygen atoms in total. The summed E-state index contributed by atoms with van der Waals surface area (Å²) in [5.41, 5.74) is 4.48. The van der Waals surface area contributed by atoms with Crippen molar-refractivity contribution in [3.05, 3.63) is 108 Å². The number of rotatable bonds is 7. The van der Waals surface area contributed by atoms with E-state index in [0.717, 1.165) is 49.3 Å². The maximum Gasteiger partial charge on any atom is 0.228 e. The van der Waals surface area contributed by atoms with Crippen LogP contribution < -0.4 is 4.90 Å². The Balaban J connectivity index is 1.20. The van der Waals surface area contributed by atoms with Gasteiger partial charge in [-0.05, 0) is 35.4 Å². The Morgan fingerprint density at radius 3 is 2.14 bits per heavy atom. The molecule has 3 aromatic carbocycles. The number of anilines is 1. The number of fused-ring (bicyclic) bond motifs is 1. The van der Waals surface area contributed by atoms with Crippen LogP contribution in [0.2, 0.25) is 0 Å². The Bertz CT molecular complexity index is 1210. The second kappa shape index (κ2) is 10.8. The van der Waals surface area contributed by atoms with Gasteiger partial charge in [0, 0.05) is 57.8 Å². The third kappa shape index (κ3) is 5.26. The molecule has 2 heterocycles. The number of nitrogens with zero attached hydrogens (tertiary/aromatic N) is 4. The molecule has 0 saturated carbocycles. The van der Waals surface area contributed by atoms with Crippen LogP contribution in [0.4, 0.5) is 5.69 Å². The molecular formula is C30H32N4O. The van der Waals surface area contributed by atoms with Crippen LogP contribution in [-0.2, 0) is 4.79 Å². The van der Waals surface area contributed by atoms with E-state index >= 15 is 0 Å². The summed E-state index contributed by atoms with van der Waals surface area (Å²) in [6.07, 6.45) is 2.29. The lowest BCUT2D eigenvalue weighted by Crippen LogP contribution is -2.48. The SMILES string of the molecule is CN(C(=O)CCN1CCN(C(c2ccccc2)c2ccccc2)CC1)c1cccc2ncccc12. The Labute approximate surface area is 207 Å². The largest absolute Gasteiger partial charge is 0.315 e. The smallest absolute Gasteiger partial charge is 0.228 e. The zero-order valence-electron chi connectivity index (χ0n) is 20.3. The number of piperazine rings is 1. The number of hydrogen-bond donors (Lipinski definition) is 0. The number of hydrogen-bond acceptors (Lipinski definition) is 4. The number of carbonyl (C=O) groups is 1. The fourth-order valence-electron chi connectivity index (χ4n) is 5.07. The summed E-state index contributed by atoms with van der Waals surface area (Å²) in [6, 6.07) is 31.7. The van der Waals surface area contributed by atoms with Gasteiger partial charge in [-0.3, -0.25) is 14.7 Å². The van der Waals surface area contributed by atoms with E-state index in [1.807, 2.05) is 37.4 Å². The van der Waals surface area contributed by atoms with E-state index < -0.39 is 0 Å². The third-order valence-electron chi connectivity index (χ3n) is 7.00. The fraction of sp³-hybridized carbons (Fsp3) is 0.267. The van der Waals surface area contributed by atoms with Crippen LogP contribution in [-0.4, -0.2) is 60.5 Å². The van der Waals surface area contributed by atoms with Gasteiger partial charge >= 0.3 is 0 Å². The van der Waals surface area contributed by atoms with Crippen molar-refractivity contribution in [2.75, 3.05) is 44.7 Å². The van der Waals surface area contributed by atoms with Gasteiger partial charge in [-0.1, -0.05) is 66.7 Å². The van der Waals surface area contributed by atoms with E-state index in [9.17, 15) is 4.79 Å². The highest BCUT2D eigenvalue weighted by Gasteiger charge is 2.26. The molecule has 0 spiro atoms. The average molecular weight is 465 g/mol. The lowest BCUT2D eigenvalue weighted by Gasteiger charge is -2.40. The van der Waals surface area contributed by atoms with Gasteiger partial charge in [0.05, 0.1) is 17.2 Å². The molecule has 0 unspecified atom stereocenters. The normalized spacial score (nSPS) is 14.9. The molecule has 1 fully saturated rings. The van der Waals surface area contributed by atoms with Crippen molar-refractivity contribution in [2.24, 2.45) is 0 Å². The second-order valence-corrected chi connectivity index (χ2v) is 9.15. The Kier molecular flexibility index (Phi) is 7.17. The first kappa shape index (κ1) is 23.2. The van der Waals surface area contributed by atoms with Crippen molar-refractivity contribution in [1.82, 2.24) is 14.8 Å². The number of benzene rings is 3. The molecule has 0 atom stereocenters. The molecule has 1 aliphatic heterocycles. The van der Waals surface area contributed by atoms with Crippen LogP contribution in [0.5, 0.6) is 0 Å². The van der Waals surface area contributed by atoms with Gasteiger partial charge in [0.2, 0.25) is 5.91 Å². The zero-order valence-corrected chi connectivity index (χ0v) is 20.3. The van der Waals surface area contributed by atoms with Crippen LogP contribution in [0.25, 0.3) is 10.9 Å². The number of pyridine rings is 1. The summed E-state index contributed by atoms with van der Waals surface area (Å²) >= 11 is 0. The van der Waals surface area contributed by atoms with Crippen molar-refractivity contribution in [3.8, 4) is 0 Å². The minimum absolute atomic E-state index is 0.134. The molecule has 0 radical (unpaired) electrons. The minimum Gasteiger partial charge on any atom is -0.315 e. The van der Waals surface area contributed by atoms with Gasteiger partial charge in [-0.15, -0.1) is 0 Å². The van der Waals surface area contributed by atoms with Crippen LogP contribution in [0.1, 0.15) is 23.6 Å². The first-order valence-electron chi connectivity index (χ1n) is 12.4.